The molecule has 0 aliphatic carbocycles. The van der Waals surface area contributed by atoms with E-state index in [-0.39, 0.29) is 5.56 Å². The molecule has 3 aromatic heterocycles. The Kier molecular flexibility index (Phi) is 6.04. The summed E-state index contributed by atoms with van der Waals surface area (Å²) in [5, 5.41) is 4.07. The topological polar surface area (TPSA) is 92.4 Å². The summed E-state index contributed by atoms with van der Waals surface area (Å²) in [5.74, 6) is 1.44. The molecule has 5 heterocycles. The van der Waals surface area contributed by atoms with Gasteiger partial charge in [0.15, 0.2) is 5.75 Å². The highest BCUT2D eigenvalue weighted by Crippen LogP contribution is 2.42. The molecule has 1 saturated heterocycles. The fourth-order valence-corrected chi connectivity index (χ4v) is 4.76. The van der Waals surface area contributed by atoms with Crippen LogP contribution in [0.5, 0.6) is 11.5 Å². The Morgan fingerprint density at radius 1 is 1.00 bits per heavy atom. The zero-order chi connectivity index (χ0) is 24.5. The van der Waals surface area contributed by atoms with Crippen LogP contribution < -0.4 is 20.5 Å². The smallest absolute Gasteiger partial charge is 0.250 e. The van der Waals surface area contributed by atoms with Gasteiger partial charge in [0, 0.05) is 65.5 Å². The molecule has 8 nitrogen and oxygen atoms in total. The highest BCUT2D eigenvalue weighted by atomic mass is 35.5. The number of aromatic amines is 1. The van der Waals surface area contributed by atoms with Crippen LogP contribution in [0.1, 0.15) is 16.8 Å². The molecule has 36 heavy (non-hydrogen) atoms. The number of morpholine rings is 1. The second-order valence-corrected chi connectivity index (χ2v) is 9.22. The van der Waals surface area contributed by atoms with Gasteiger partial charge in [-0.15, -0.1) is 0 Å². The maximum absolute atomic E-state index is 12.5. The lowest BCUT2D eigenvalue weighted by atomic mass is 9.99. The molecule has 2 aliphatic rings. The highest BCUT2D eigenvalue weighted by molar-refractivity contribution is 6.30. The lowest BCUT2D eigenvalue weighted by Gasteiger charge is -2.29. The predicted octanol–water partition coefficient (Wildman–Crippen LogP) is 4.63. The van der Waals surface area contributed by atoms with Crippen molar-refractivity contribution < 1.29 is 9.47 Å². The number of halogens is 1. The molecule has 182 valence electrons. The summed E-state index contributed by atoms with van der Waals surface area (Å²) in [7, 11) is 0. The molecule has 2 N–H and O–H groups in total. The highest BCUT2D eigenvalue weighted by Gasteiger charge is 2.23. The molecule has 6 rings (SSSR count). The Labute approximate surface area is 212 Å². The summed E-state index contributed by atoms with van der Waals surface area (Å²) >= 11 is 6.07. The average molecular weight is 502 g/mol. The summed E-state index contributed by atoms with van der Waals surface area (Å²) in [6, 6.07) is 15.2. The Morgan fingerprint density at radius 2 is 1.86 bits per heavy atom. The lowest BCUT2D eigenvalue weighted by Crippen LogP contribution is -2.36. The van der Waals surface area contributed by atoms with E-state index in [2.05, 4.69) is 31.2 Å². The molecule has 1 aromatic carbocycles. The molecule has 2 aliphatic heterocycles. The summed E-state index contributed by atoms with van der Waals surface area (Å²) in [6.07, 6.45) is 4.15. The number of rotatable bonds is 5. The minimum absolute atomic E-state index is 0.172. The second kappa shape index (κ2) is 9.64. The minimum Gasteiger partial charge on any atom is -0.454 e. The van der Waals surface area contributed by atoms with Gasteiger partial charge in [-0.05, 0) is 42.5 Å². The first-order valence-electron chi connectivity index (χ1n) is 11.8. The normalized spacial score (nSPS) is 14.5. The second-order valence-electron chi connectivity index (χ2n) is 8.78. The standard InChI is InChI=1S/C27H24ClN5O3/c28-19-4-6-29-21(13-19)16-31-20-1-2-24-18(12-20)11-17-3-5-30-26(27(17)36-24)23-14-22(15-25(34)32-23)33-7-9-35-10-8-33/h1-6,12-15,31H,7-11,16H2,(H,32,34). The van der Waals surface area contributed by atoms with E-state index >= 15 is 0 Å². The monoisotopic (exact) mass is 501 g/mol. The van der Waals surface area contributed by atoms with Crippen LogP contribution >= 0.6 is 11.6 Å². The number of nitrogens with zero attached hydrogens (tertiary/aromatic N) is 3. The zero-order valence-electron chi connectivity index (χ0n) is 19.5. The number of benzene rings is 1. The van der Waals surface area contributed by atoms with E-state index < -0.39 is 0 Å². The third-order valence-electron chi connectivity index (χ3n) is 6.35. The number of anilines is 2. The van der Waals surface area contributed by atoms with E-state index in [1.165, 1.54) is 0 Å². The molecule has 9 heteroatoms. The molecule has 0 unspecified atom stereocenters. The number of hydrogen-bond acceptors (Lipinski definition) is 7. The molecular weight excluding hydrogens is 478 g/mol. The summed E-state index contributed by atoms with van der Waals surface area (Å²) in [5.41, 5.74) is 5.87. The maximum atomic E-state index is 12.5. The van der Waals surface area contributed by atoms with Crippen molar-refractivity contribution in [2.24, 2.45) is 0 Å². The average Bonchev–Trinajstić information content (AvgIpc) is 2.90. The number of nitrogens with one attached hydrogen (secondary N) is 2. The molecule has 0 saturated carbocycles. The van der Waals surface area contributed by atoms with E-state index in [0.717, 1.165) is 47.0 Å². The number of fused-ring (bicyclic) bond motifs is 2. The van der Waals surface area contributed by atoms with Crippen LogP contribution in [-0.4, -0.2) is 41.3 Å². The van der Waals surface area contributed by atoms with E-state index in [1.807, 2.05) is 30.3 Å². The van der Waals surface area contributed by atoms with Gasteiger partial charge in [-0.2, -0.15) is 0 Å². The van der Waals surface area contributed by atoms with Crippen LogP contribution in [0.15, 0.2) is 65.7 Å². The van der Waals surface area contributed by atoms with Gasteiger partial charge in [-0.25, -0.2) is 0 Å². The largest absolute Gasteiger partial charge is 0.454 e. The molecule has 0 atom stereocenters. The number of ether oxygens (including phenoxy) is 2. The van der Waals surface area contributed by atoms with Crippen LogP contribution in [0.2, 0.25) is 5.02 Å². The van der Waals surface area contributed by atoms with Gasteiger partial charge < -0.3 is 24.7 Å². The lowest BCUT2D eigenvalue weighted by molar-refractivity contribution is 0.122. The fourth-order valence-electron chi connectivity index (χ4n) is 4.57. The molecule has 0 spiro atoms. The van der Waals surface area contributed by atoms with Gasteiger partial charge in [-0.3, -0.25) is 14.8 Å². The van der Waals surface area contributed by atoms with Gasteiger partial charge in [0.25, 0.3) is 5.56 Å². The summed E-state index contributed by atoms with van der Waals surface area (Å²) < 4.78 is 11.8. The van der Waals surface area contributed by atoms with Crippen molar-refractivity contribution in [2.45, 2.75) is 13.0 Å². The van der Waals surface area contributed by atoms with Gasteiger partial charge in [-0.1, -0.05) is 11.6 Å². The first-order valence-corrected chi connectivity index (χ1v) is 12.2. The van der Waals surface area contributed by atoms with Gasteiger partial charge >= 0.3 is 0 Å². The van der Waals surface area contributed by atoms with Crippen molar-refractivity contribution in [3.63, 3.8) is 0 Å². The molecule has 4 aromatic rings. The van der Waals surface area contributed by atoms with Crippen molar-refractivity contribution in [1.82, 2.24) is 15.0 Å². The van der Waals surface area contributed by atoms with Gasteiger partial charge in [0.05, 0.1) is 31.1 Å². The van der Waals surface area contributed by atoms with E-state index in [0.29, 0.717) is 48.3 Å². The van der Waals surface area contributed by atoms with Crippen molar-refractivity contribution in [1.29, 1.82) is 0 Å². The first-order chi connectivity index (χ1) is 17.6. The van der Waals surface area contributed by atoms with E-state index in [1.54, 1.807) is 24.5 Å². The maximum Gasteiger partial charge on any atom is 0.250 e. The SMILES string of the molecule is O=c1cc(N2CCOCC2)cc(-c2nccc3c2Oc2ccc(NCc4cc(Cl)ccn4)cc2C3)[nH]1. The molecule has 0 bridgehead atoms. The summed E-state index contributed by atoms with van der Waals surface area (Å²) in [6.45, 7) is 3.35. The Balaban J connectivity index is 1.26. The molecule has 0 amide bonds. The Hall–Kier alpha value is -3.88. The van der Waals surface area contributed by atoms with Gasteiger partial charge in [0.1, 0.15) is 11.4 Å². The first kappa shape index (κ1) is 22.6. The van der Waals surface area contributed by atoms with Crippen molar-refractivity contribution >= 4 is 23.0 Å². The van der Waals surface area contributed by atoms with Crippen LogP contribution in [0, 0.1) is 0 Å². The van der Waals surface area contributed by atoms with Crippen molar-refractivity contribution in [3.8, 4) is 22.9 Å². The fraction of sp³-hybridized carbons (Fsp3) is 0.222. The van der Waals surface area contributed by atoms with Crippen molar-refractivity contribution in [3.05, 3.63) is 93.1 Å². The zero-order valence-corrected chi connectivity index (χ0v) is 20.2. The number of H-pyrrole nitrogens is 1. The van der Waals surface area contributed by atoms with Crippen LogP contribution in [-0.2, 0) is 17.7 Å². The van der Waals surface area contributed by atoms with E-state index in [9.17, 15) is 4.79 Å². The van der Waals surface area contributed by atoms with Crippen molar-refractivity contribution in [2.75, 3.05) is 36.5 Å². The van der Waals surface area contributed by atoms with Crippen LogP contribution in [0.4, 0.5) is 11.4 Å². The Morgan fingerprint density at radius 3 is 2.72 bits per heavy atom. The third-order valence-corrected chi connectivity index (χ3v) is 6.59. The minimum atomic E-state index is -0.172. The van der Waals surface area contributed by atoms with E-state index in [4.69, 9.17) is 21.1 Å². The summed E-state index contributed by atoms with van der Waals surface area (Å²) in [4.78, 5) is 26.5. The van der Waals surface area contributed by atoms with Crippen LogP contribution in [0.25, 0.3) is 11.4 Å². The Bertz CT molecular complexity index is 1480. The molecule has 1 fully saturated rings. The number of aromatic nitrogens is 3. The third kappa shape index (κ3) is 4.65. The quantitative estimate of drug-likeness (QED) is 0.362. The number of pyridine rings is 3. The van der Waals surface area contributed by atoms with Gasteiger partial charge in [0.2, 0.25) is 0 Å². The van der Waals surface area contributed by atoms with Crippen LogP contribution in [0.3, 0.4) is 0 Å². The molecular formula is C27H24ClN5O3. The number of hydrogen-bond donors (Lipinski definition) is 2. The molecule has 0 radical (unpaired) electrons. The predicted molar refractivity (Wildman–Crippen MR) is 139 cm³/mol.